The van der Waals surface area contributed by atoms with E-state index in [2.05, 4.69) is 10.8 Å². The van der Waals surface area contributed by atoms with Crippen molar-refractivity contribution >= 4 is 16.0 Å². The van der Waals surface area contributed by atoms with Gasteiger partial charge in [-0.25, -0.2) is 0 Å². The van der Waals surface area contributed by atoms with Crippen LogP contribution in [0.3, 0.4) is 0 Å². The molecular weight excluding hydrogens is 304 g/mol. The van der Waals surface area contributed by atoms with Gasteiger partial charge in [-0.1, -0.05) is 24.8 Å². The number of amides is 1. The lowest BCUT2D eigenvalue weighted by molar-refractivity contribution is -0.124. The van der Waals surface area contributed by atoms with Gasteiger partial charge in [-0.2, -0.15) is 8.42 Å². The van der Waals surface area contributed by atoms with E-state index >= 15 is 0 Å². The first kappa shape index (κ1) is 20.3. The molecule has 1 rings (SSSR count). The van der Waals surface area contributed by atoms with Crippen LogP contribution in [0.1, 0.15) is 12.8 Å². The van der Waals surface area contributed by atoms with E-state index in [-0.39, 0.29) is 10.8 Å². The zero-order valence-electron chi connectivity index (χ0n) is 13.3. The fraction of sp³-hybridized carbons (Fsp3) is 0.400. The summed E-state index contributed by atoms with van der Waals surface area (Å²) in [7, 11) is 1.08. The number of rotatable bonds is 6. The van der Waals surface area contributed by atoms with Crippen molar-refractivity contribution in [2.45, 2.75) is 17.7 Å². The van der Waals surface area contributed by atoms with Crippen molar-refractivity contribution in [1.82, 2.24) is 4.90 Å². The monoisotopic (exact) mass is 328 g/mol. The molecule has 1 amide bonds. The van der Waals surface area contributed by atoms with Gasteiger partial charge in [-0.15, -0.1) is 0 Å². The predicted octanol–water partition coefficient (Wildman–Crippen LogP) is 1.39. The van der Waals surface area contributed by atoms with Crippen LogP contribution < -0.4 is 5.73 Å². The van der Waals surface area contributed by atoms with Gasteiger partial charge in [0.25, 0.3) is 10.1 Å². The number of nitrogens with two attached hydrogens (primary N) is 1. The van der Waals surface area contributed by atoms with Crippen molar-refractivity contribution in [2.24, 2.45) is 5.73 Å². The molecule has 0 unspecified atom stereocenters. The molecule has 0 aromatic heterocycles. The molecule has 6 nitrogen and oxygen atoms in total. The molecule has 2 N–H and O–H groups in total. The van der Waals surface area contributed by atoms with Crippen LogP contribution in [0, 0.1) is 0 Å². The van der Waals surface area contributed by atoms with E-state index in [0.29, 0.717) is 18.5 Å². The SMILES string of the molecule is C=C(CCCN)C(=O)N(C)C.COS(=O)(=O)c1ccccc1. The molecule has 0 aliphatic rings. The van der Waals surface area contributed by atoms with Gasteiger partial charge in [0.1, 0.15) is 0 Å². The second-order valence-electron chi connectivity index (χ2n) is 4.63. The zero-order valence-corrected chi connectivity index (χ0v) is 14.1. The predicted molar refractivity (Wildman–Crippen MR) is 86.8 cm³/mol. The standard InChI is InChI=1S/C8H16N2O.C7H8O3S/c1-7(5-4-6-9)8(11)10(2)3;1-10-11(8,9)7-5-3-2-4-6-7/h1,4-6,9H2,2-3H3;2-6H,1H3. The lowest BCUT2D eigenvalue weighted by atomic mass is 10.1. The molecule has 1 aromatic rings. The number of nitrogens with zero attached hydrogens (tertiary/aromatic N) is 1. The third-order valence-corrected chi connectivity index (χ3v) is 3.93. The average Bonchev–Trinajstić information content (AvgIpc) is 2.53. The number of likely N-dealkylation sites (N-methyl/N-ethyl adjacent to an activating group) is 1. The highest BCUT2D eigenvalue weighted by Crippen LogP contribution is 2.09. The molecule has 0 aliphatic heterocycles. The van der Waals surface area contributed by atoms with E-state index < -0.39 is 10.1 Å². The van der Waals surface area contributed by atoms with Gasteiger partial charge in [-0.3, -0.25) is 8.98 Å². The Morgan fingerprint density at radius 2 is 1.82 bits per heavy atom. The van der Waals surface area contributed by atoms with Crippen molar-refractivity contribution in [2.75, 3.05) is 27.7 Å². The topological polar surface area (TPSA) is 89.7 Å². The first-order valence-corrected chi connectivity index (χ1v) is 8.12. The Morgan fingerprint density at radius 3 is 2.23 bits per heavy atom. The maximum atomic E-state index is 11.1. The Hall–Kier alpha value is -1.70. The molecule has 0 spiro atoms. The van der Waals surface area contributed by atoms with Crippen molar-refractivity contribution in [1.29, 1.82) is 0 Å². The summed E-state index contributed by atoms with van der Waals surface area (Å²) < 4.78 is 26.3. The highest BCUT2D eigenvalue weighted by molar-refractivity contribution is 7.86. The Balaban J connectivity index is 0.000000401. The molecule has 0 saturated heterocycles. The van der Waals surface area contributed by atoms with Crippen molar-refractivity contribution in [3.63, 3.8) is 0 Å². The Kier molecular flexibility index (Phi) is 9.32. The Morgan fingerprint density at radius 1 is 1.27 bits per heavy atom. The number of carbonyl (C=O) groups is 1. The number of benzene rings is 1. The molecule has 22 heavy (non-hydrogen) atoms. The third kappa shape index (κ3) is 7.35. The van der Waals surface area contributed by atoms with Crippen LogP contribution >= 0.6 is 0 Å². The van der Waals surface area contributed by atoms with Crippen LogP contribution in [0.5, 0.6) is 0 Å². The van der Waals surface area contributed by atoms with Gasteiger partial charge in [0.05, 0.1) is 12.0 Å². The van der Waals surface area contributed by atoms with E-state index in [4.69, 9.17) is 5.73 Å². The minimum absolute atomic E-state index is 0.00144. The molecule has 0 heterocycles. The maximum absolute atomic E-state index is 11.1. The lowest BCUT2D eigenvalue weighted by Gasteiger charge is -2.11. The molecule has 0 bridgehead atoms. The van der Waals surface area contributed by atoms with E-state index in [1.807, 2.05) is 0 Å². The molecule has 0 aliphatic carbocycles. The fourth-order valence-corrected chi connectivity index (χ4v) is 2.10. The number of hydrogen-bond donors (Lipinski definition) is 1. The van der Waals surface area contributed by atoms with Gasteiger partial charge in [0.15, 0.2) is 0 Å². The van der Waals surface area contributed by atoms with Crippen LogP contribution in [-0.2, 0) is 19.1 Å². The summed E-state index contributed by atoms with van der Waals surface area (Å²) in [5, 5.41) is 0. The fourth-order valence-electron chi connectivity index (χ4n) is 1.42. The average molecular weight is 328 g/mol. The summed E-state index contributed by atoms with van der Waals surface area (Å²) >= 11 is 0. The summed E-state index contributed by atoms with van der Waals surface area (Å²) in [6, 6.07) is 8.00. The van der Waals surface area contributed by atoms with E-state index in [1.165, 1.54) is 17.0 Å². The maximum Gasteiger partial charge on any atom is 0.296 e. The van der Waals surface area contributed by atoms with Gasteiger partial charge in [-0.05, 0) is 31.5 Å². The largest absolute Gasteiger partial charge is 0.345 e. The van der Waals surface area contributed by atoms with Crippen LogP contribution in [-0.4, -0.2) is 47.0 Å². The highest BCUT2D eigenvalue weighted by atomic mass is 32.2. The van der Waals surface area contributed by atoms with E-state index in [0.717, 1.165) is 13.5 Å². The van der Waals surface area contributed by atoms with Crippen molar-refractivity contribution in [3.8, 4) is 0 Å². The van der Waals surface area contributed by atoms with E-state index in [9.17, 15) is 13.2 Å². The first-order valence-electron chi connectivity index (χ1n) is 6.71. The van der Waals surface area contributed by atoms with E-state index in [1.54, 1.807) is 32.3 Å². The van der Waals surface area contributed by atoms with Gasteiger partial charge < -0.3 is 10.6 Å². The number of hydrogen-bond acceptors (Lipinski definition) is 5. The van der Waals surface area contributed by atoms with Crippen LogP contribution in [0.15, 0.2) is 47.4 Å². The zero-order chi connectivity index (χ0) is 17.2. The van der Waals surface area contributed by atoms with Crippen LogP contribution in [0.25, 0.3) is 0 Å². The first-order chi connectivity index (χ1) is 10.3. The van der Waals surface area contributed by atoms with Crippen LogP contribution in [0.4, 0.5) is 0 Å². The molecular formula is C15H24N2O4S. The Labute approximate surface area is 132 Å². The van der Waals surface area contributed by atoms with Gasteiger partial charge in [0, 0.05) is 19.7 Å². The second-order valence-corrected chi connectivity index (χ2v) is 6.34. The quantitative estimate of drug-likeness (QED) is 0.629. The summed E-state index contributed by atoms with van der Waals surface area (Å²) in [4.78, 5) is 12.8. The minimum Gasteiger partial charge on any atom is -0.345 e. The minimum atomic E-state index is -3.50. The molecule has 0 radical (unpaired) electrons. The normalized spacial score (nSPS) is 10.4. The van der Waals surface area contributed by atoms with Crippen molar-refractivity contribution in [3.05, 3.63) is 42.5 Å². The number of carbonyl (C=O) groups excluding carboxylic acids is 1. The molecule has 1 aromatic carbocycles. The summed E-state index contributed by atoms with van der Waals surface area (Å²) in [6.07, 6.45) is 1.53. The molecule has 7 heteroatoms. The third-order valence-electron chi connectivity index (χ3n) is 2.64. The molecule has 0 saturated carbocycles. The smallest absolute Gasteiger partial charge is 0.296 e. The lowest BCUT2D eigenvalue weighted by Crippen LogP contribution is -2.23. The summed E-state index contributed by atoms with van der Waals surface area (Å²) in [6.45, 7) is 4.28. The highest BCUT2D eigenvalue weighted by Gasteiger charge is 2.10. The van der Waals surface area contributed by atoms with Gasteiger partial charge in [0.2, 0.25) is 5.91 Å². The van der Waals surface area contributed by atoms with Gasteiger partial charge >= 0.3 is 0 Å². The Bertz CT molecular complexity index is 568. The molecule has 0 atom stereocenters. The van der Waals surface area contributed by atoms with Crippen molar-refractivity contribution < 1.29 is 17.4 Å². The second kappa shape index (κ2) is 10.1. The summed E-state index contributed by atoms with van der Waals surface area (Å²) in [5.74, 6) is -0.00144. The summed E-state index contributed by atoms with van der Waals surface area (Å²) in [5.41, 5.74) is 5.93. The molecule has 0 fully saturated rings. The molecule has 124 valence electrons. The van der Waals surface area contributed by atoms with Crippen LogP contribution in [0.2, 0.25) is 0 Å².